The van der Waals surface area contributed by atoms with Crippen LogP contribution in [0.5, 0.6) is 0 Å². The normalized spacial score (nSPS) is 14.5. The molecule has 1 fully saturated rings. The van der Waals surface area contributed by atoms with Gasteiger partial charge in [-0.2, -0.15) is 0 Å². The fraction of sp³-hybridized carbons (Fsp3) is 0.182. The third-order valence-electron chi connectivity index (χ3n) is 5.01. The van der Waals surface area contributed by atoms with Crippen molar-refractivity contribution in [3.63, 3.8) is 0 Å². The van der Waals surface area contributed by atoms with Gasteiger partial charge in [-0.25, -0.2) is 15.0 Å². The number of morpholine rings is 1. The Morgan fingerprint density at radius 2 is 2.00 bits per heavy atom. The number of H-pyrrole nitrogens is 1. The van der Waals surface area contributed by atoms with Crippen molar-refractivity contribution in [1.29, 1.82) is 0 Å². The van der Waals surface area contributed by atoms with Crippen molar-refractivity contribution >= 4 is 28.4 Å². The highest BCUT2D eigenvalue weighted by Gasteiger charge is 2.16. The molecule has 5 rings (SSSR count). The van der Waals surface area contributed by atoms with Crippen LogP contribution in [0.25, 0.3) is 22.2 Å². The van der Waals surface area contributed by atoms with Gasteiger partial charge >= 0.3 is 0 Å². The number of ether oxygens (including phenoxy) is 1. The summed E-state index contributed by atoms with van der Waals surface area (Å²) in [5.41, 5.74) is 6.84. The van der Waals surface area contributed by atoms with Crippen molar-refractivity contribution < 1.29 is 9.53 Å². The minimum Gasteiger partial charge on any atom is -0.379 e. The van der Waals surface area contributed by atoms with Crippen LogP contribution in [0.4, 0.5) is 11.6 Å². The Labute approximate surface area is 178 Å². The Bertz CT molecular complexity index is 1200. The molecule has 3 aromatic heterocycles. The Hall–Kier alpha value is -3.82. The number of aromatic amines is 1. The fourth-order valence-electron chi connectivity index (χ4n) is 3.43. The van der Waals surface area contributed by atoms with Crippen molar-refractivity contribution in [2.24, 2.45) is 0 Å². The molecule has 1 aliphatic heterocycles. The first kappa shape index (κ1) is 19.2. The molecule has 1 amide bonds. The molecule has 0 aliphatic carbocycles. The lowest BCUT2D eigenvalue weighted by Gasteiger charge is -2.26. The van der Waals surface area contributed by atoms with Gasteiger partial charge in [0.25, 0.3) is 5.91 Å². The quantitative estimate of drug-likeness (QED) is 0.460. The zero-order valence-electron chi connectivity index (χ0n) is 16.7. The van der Waals surface area contributed by atoms with Crippen LogP contribution in [-0.4, -0.2) is 57.2 Å². The average Bonchev–Trinajstić information content (AvgIpc) is 3.24. The molecule has 9 nitrogen and oxygen atoms in total. The Balaban J connectivity index is 1.33. The first-order valence-electron chi connectivity index (χ1n) is 10.0. The lowest BCUT2D eigenvalue weighted by atomic mass is 10.2. The summed E-state index contributed by atoms with van der Waals surface area (Å²) < 4.78 is 5.31. The van der Waals surface area contributed by atoms with E-state index in [1.807, 2.05) is 47.5 Å². The maximum Gasteiger partial charge on any atom is 0.282 e. The number of nitrogens with one attached hydrogen (secondary N) is 3. The summed E-state index contributed by atoms with van der Waals surface area (Å²) in [5.74, 6) is 0.321. The van der Waals surface area contributed by atoms with E-state index in [1.165, 1.54) is 0 Å². The van der Waals surface area contributed by atoms with Crippen LogP contribution in [0.2, 0.25) is 0 Å². The zero-order valence-corrected chi connectivity index (χ0v) is 16.7. The number of carbonyl (C=O) groups excluding carboxylic acids is 1. The number of rotatable bonds is 5. The molecule has 1 saturated heterocycles. The number of hydrogen-bond donors (Lipinski definition) is 3. The maximum atomic E-state index is 12.6. The van der Waals surface area contributed by atoms with E-state index in [2.05, 4.69) is 30.7 Å². The zero-order chi connectivity index (χ0) is 21.0. The van der Waals surface area contributed by atoms with E-state index < -0.39 is 0 Å². The van der Waals surface area contributed by atoms with E-state index in [1.54, 1.807) is 18.6 Å². The van der Waals surface area contributed by atoms with Gasteiger partial charge in [0.05, 0.1) is 18.9 Å². The number of fused-ring (bicyclic) bond motifs is 1. The molecular weight excluding hydrogens is 394 g/mol. The van der Waals surface area contributed by atoms with Crippen molar-refractivity contribution in [3.8, 4) is 11.3 Å². The number of nitrogens with zero attached hydrogens (tertiary/aromatic N) is 4. The smallest absolute Gasteiger partial charge is 0.282 e. The lowest BCUT2D eigenvalue weighted by Crippen LogP contribution is -2.48. The van der Waals surface area contributed by atoms with Crippen molar-refractivity contribution in [2.45, 2.75) is 0 Å². The van der Waals surface area contributed by atoms with Gasteiger partial charge in [-0.1, -0.05) is 0 Å². The van der Waals surface area contributed by atoms with E-state index in [-0.39, 0.29) is 5.91 Å². The molecule has 0 spiro atoms. The van der Waals surface area contributed by atoms with Crippen LogP contribution in [0, 0.1) is 0 Å². The third kappa shape index (κ3) is 4.37. The topological polar surface area (TPSA) is 108 Å². The standard InChI is InChI=1S/C22H21N7O2/c30-21(28-29-8-10-31-11-9-29)20-13-16-12-17(3-4-18(16)26-20)25-22-24-7-5-19(27-22)15-2-1-6-23-14-15/h1-7,12-14,26H,8-11H2,(H,28,30)(H,24,25,27). The summed E-state index contributed by atoms with van der Waals surface area (Å²) in [6.45, 7) is 2.59. The van der Waals surface area contributed by atoms with Gasteiger partial charge in [-0.05, 0) is 42.5 Å². The number of hydrogen-bond acceptors (Lipinski definition) is 7. The van der Waals surface area contributed by atoms with Gasteiger partial charge in [-0.15, -0.1) is 0 Å². The molecule has 1 aromatic carbocycles. The highest BCUT2D eigenvalue weighted by Crippen LogP contribution is 2.23. The highest BCUT2D eigenvalue weighted by molar-refractivity contribution is 5.98. The van der Waals surface area contributed by atoms with Gasteiger partial charge in [0.1, 0.15) is 5.69 Å². The van der Waals surface area contributed by atoms with E-state index in [0.717, 1.165) is 27.8 Å². The number of carbonyl (C=O) groups is 1. The molecule has 9 heteroatoms. The summed E-state index contributed by atoms with van der Waals surface area (Å²) in [6.07, 6.45) is 5.20. The molecule has 4 heterocycles. The summed E-state index contributed by atoms with van der Waals surface area (Å²) in [5, 5.41) is 6.02. The summed E-state index contributed by atoms with van der Waals surface area (Å²) >= 11 is 0. The van der Waals surface area contributed by atoms with Gasteiger partial charge in [0, 0.05) is 53.8 Å². The molecule has 4 aromatic rings. The van der Waals surface area contributed by atoms with Crippen LogP contribution in [0.15, 0.2) is 61.1 Å². The highest BCUT2D eigenvalue weighted by atomic mass is 16.5. The number of amides is 1. The second-order valence-corrected chi connectivity index (χ2v) is 7.16. The number of aromatic nitrogens is 4. The van der Waals surface area contributed by atoms with Crippen LogP contribution < -0.4 is 10.7 Å². The molecule has 0 bridgehead atoms. The van der Waals surface area contributed by atoms with Crippen molar-refractivity contribution in [3.05, 3.63) is 66.7 Å². The van der Waals surface area contributed by atoms with Gasteiger partial charge in [-0.3, -0.25) is 15.2 Å². The predicted molar refractivity (Wildman–Crippen MR) is 117 cm³/mol. The maximum absolute atomic E-state index is 12.6. The van der Waals surface area contributed by atoms with Gasteiger partial charge in [0.2, 0.25) is 5.95 Å². The van der Waals surface area contributed by atoms with E-state index in [4.69, 9.17) is 4.74 Å². The van der Waals surface area contributed by atoms with E-state index in [0.29, 0.717) is 37.9 Å². The lowest BCUT2D eigenvalue weighted by molar-refractivity contribution is 0.0125. The monoisotopic (exact) mass is 415 g/mol. The fourth-order valence-corrected chi connectivity index (χ4v) is 3.43. The minimum atomic E-state index is -0.167. The number of benzene rings is 1. The summed E-state index contributed by atoms with van der Waals surface area (Å²) in [6, 6.07) is 13.3. The minimum absolute atomic E-state index is 0.167. The molecule has 0 radical (unpaired) electrons. The first-order chi connectivity index (χ1) is 15.2. The molecule has 3 N–H and O–H groups in total. The Morgan fingerprint density at radius 3 is 2.84 bits per heavy atom. The SMILES string of the molecule is O=C(NN1CCOCC1)c1cc2cc(Nc3nccc(-c4cccnc4)n3)ccc2[nH]1. The molecule has 156 valence electrons. The van der Waals surface area contributed by atoms with Gasteiger partial charge < -0.3 is 15.0 Å². The van der Waals surface area contributed by atoms with E-state index in [9.17, 15) is 4.79 Å². The third-order valence-corrected chi connectivity index (χ3v) is 5.01. The molecule has 0 saturated carbocycles. The van der Waals surface area contributed by atoms with Crippen molar-refractivity contribution in [1.82, 2.24) is 30.4 Å². The van der Waals surface area contributed by atoms with Crippen LogP contribution in [0.3, 0.4) is 0 Å². The predicted octanol–water partition coefficient (Wildman–Crippen LogP) is 2.74. The van der Waals surface area contributed by atoms with Crippen LogP contribution in [-0.2, 0) is 4.74 Å². The number of pyridine rings is 1. The van der Waals surface area contributed by atoms with Gasteiger partial charge in [0.15, 0.2) is 0 Å². The van der Waals surface area contributed by atoms with E-state index >= 15 is 0 Å². The van der Waals surface area contributed by atoms with Crippen LogP contribution in [0.1, 0.15) is 10.5 Å². The molecule has 0 unspecified atom stereocenters. The number of hydrazine groups is 1. The summed E-state index contributed by atoms with van der Waals surface area (Å²) in [4.78, 5) is 28.7. The molecule has 0 atom stereocenters. The first-order valence-corrected chi connectivity index (χ1v) is 10.0. The summed E-state index contributed by atoms with van der Waals surface area (Å²) in [7, 11) is 0. The average molecular weight is 415 g/mol. The second kappa shape index (κ2) is 8.50. The Kier molecular flexibility index (Phi) is 5.26. The molecular formula is C22H21N7O2. The largest absolute Gasteiger partial charge is 0.379 e. The Morgan fingerprint density at radius 1 is 1.10 bits per heavy atom. The molecule has 1 aliphatic rings. The second-order valence-electron chi connectivity index (χ2n) is 7.16. The van der Waals surface area contributed by atoms with Crippen molar-refractivity contribution in [2.75, 3.05) is 31.6 Å². The van der Waals surface area contributed by atoms with Crippen LogP contribution >= 0.6 is 0 Å². The number of anilines is 2. The molecule has 31 heavy (non-hydrogen) atoms.